The number of nitrogens with one attached hydrogen (secondary N) is 1. The van der Waals surface area contributed by atoms with E-state index in [1.54, 1.807) is 12.1 Å². The van der Waals surface area contributed by atoms with E-state index in [4.69, 9.17) is 21.1 Å². The molecule has 1 aromatic carbocycles. The summed E-state index contributed by atoms with van der Waals surface area (Å²) in [6.45, 7) is 3.16. The summed E-state index contributed by atoms with van der Waals surface area (Å²) in [5, 5.41) is 3.19. The third kappa shape index (κ3) is 3.14. The average Bonchev–Trinajstić information content (AvgIpc) is 2.52. The van der Waals surface area contributed by atoms with Crippen LogP contribution >= 0.6 is 11.6 Å². The molecule has 0 saturated carbocycles. The van der Waals surface area contributed by atoms with Crippen LogP contribution in [-0.2, 0) is 6.54 Å². The molecule has 0 spiro atoms. The molecular weight excluding hydrogens is 304 g/mol. The highest BCUT2D eigenvalue weighted by Crippen LogP contribution is 2.38. The third-order valence-electron chi connectivity index (χ3n) is 3.24. The molecule has 0 unspecified atom stereocenters. The molecule has 6 heteroatoms. The first-order chi connectivity index (χ1) is 10.6. The molecule has 1 amide bonds. The number of benzene rings is 1. The van der Waals surface area contributed by atoms with Crippen LogP contribution in [0.25, 0.3) is 0 Å². The molecule has 5 nitrogen and oxygen atoms in total. The van der Waals surface area contributed by atoms with E-state index in [2.05, 4.69) is 10.3 Å². The summed E-state index contributed by atoms with van der Waals surface area (Å²) in [5.74, 6) is 0.754. The number of nitrogens with zero attached hydrogens (tertiary/aromatic N) is 1. The monoisotopic (exact) mass is 318 g/mol. The number of fused-ring (bicyclic) bond motifs is 1. The zero-order chi connectivity index (χ0) is 15.5. The van der Waals surface area contributed by atoms with Crippen LogP contribution in [0.2, 0.25) is 5.02 Å². The minimum atomic E-state index is -0.234. The minimum absolute atomic E-state index is 0.234. The molecule has 1 N–H and O–H groups in total. The van der Waals surface area contributed by atoms with Crippen molar-refractivity contribution in [1.29, 1.82) is 0 Å². The van der Waals surface area contributed by atoms with Crippen molar-refractivity contribution in [3.8, 4) is 11.5 Å². The molecule has 2 heterocycles. The second-order valence-electron chi connectivity index (χ2n) is 4.94. The van der Waals surface area contributed by atoms with E-state index in [-0.39, 0.29) is 5.91 Å². The van der Waals surface area contributed by atoms with Crippen LogP contribution in [0.3, 0.4) is 0 Å². The molecule has 1 aliphatic heterocycles. The maximum absolute atomic E-state index is 12.2. The number of amides is 1. The Labute approximate surface area is 133 Å². The fourth-order valence-electron chi connectivity index (χ4n) is 2.21. The normalized spacial score (nSPS) is 12.8. The van der Waals surface area contributed by atoms with Gasteiger partial charge in [0.25, 0.3) is 5.91 Å². The summed E-state index contributed by atoms with van der Waals surface area (Å²) in [5.41, 5.74) is 2.15. The van der Waals surface area contributed by atoms with Gasteiger partial charge in [-0.15, -0.1) is 0 Å². The van der Waals surface area contributed by atoms with Crippen molar-refractivity contribution in [3.63, 3.8) is 0 Å². The first-order valence-corrected chi connectivity index (χ1v) is 7.31. The summed E-state index contributed by atoms with van der Waals surface area (Å²) in [6, 6.07) is 8.90. The van der Waals surface area contributed by atoms with Gasteiger partial charge in [-0.2, -0.15) is 0 Å². The van der Waals surface area contributed by atoms with Crippen LogP contribution in [0, 0.1) is 6.92 Å². The van der Waals surface area contributed by atoms with Gasteiger partial charge in [0.2, 0.25) is 0 Å². The van der Waals surface area contributed by atoms with Crippen LogP contribution in [0.5, 0.6) is 11.5 Å². The number of carbonyl (C=O) groups excluding carboxylic acids is 1. The highest BCUT2D eigenvalue weighted by molar-refractivity contribution is 6.32. The van der Waals surface area contributed by atoms with Gasteiger partial charge in [0.15, 0.2) is 11.5 Å². The number of rotatable bonds is 3. The Bertz CT molecular complexity index is 719. The SMILES string of the molecule is Cc1cccc(CNC(=O)c2cc(Cl)c3c(c2)OCCO3)n1. The highest BCUT2D eigenvalue weighted by atomic mass is 35.5. The van der Waals surface area contributed by atoms with Gasteiger partial charge in [0.05, 0.1) is 17.3 Å². The topological polar surface area (TPSA) is 60.5 Å². The maximum atomic E-state index is 12.2. The lowest BCUT2D eigenvalue weighted by Crippen LogP contribution is -2.24. The lowest BCUT2D eigenvalue weighted by atomic mass is 10.1. The van der Waals surface area contributed by atoms with Crippen LogP contribution in [0.4, 0.5) is 0 Å². The maximum Gasteiger partial charge on any atom is 0.251 e. The van der Waals surface area contributed by atoms with E-state index in [0.717, 1.165) is 11.4 Å². The number of hydrogen-bond donors (Lipinski definition) is 1. The Morgan fingerprint density at radius 2 is 2.14 bits per heavy atom. The standard InChI is InChI=1S/C16H15ClN2O3/c1-10-3-2-4-12(19-10)9-18-16(20)11-7-13(17)15-14(8-11)21-5-6-22-15/h2-4,7-8H,5-6,9H2,1H3,(H,18,20). The van der Waals surface area contributed by atoms with Gasteiger partial charge >= 0.3 is 0 Å². The first-order valence-electron chi connectivity index (χ1n) is 6.93. The van der Waals surface area contributed by atoms with E-state index in [0.29, 0.717) is 41.8 Å². The Morgan fingerprint density at radius 1 is 1.32 bits per heavy atom. The van der Waals surface area contributed by atoms with E-state index in [1.807, 2.05) is 25.1 Å². The molecule has 3 rings (SSSR count). The van der Waals surface area contributed by atoms with Crippen LogP contribution < -0.4 is 14.8 Å². The lowest BCUT2D eigenvalue weighted by Gasteiger charge is -2.20. The fourth-order valence-corrected chi connectivity index (χ4v) is 2.48. The summed E-state index contributed by atoms with van der Waals surface area (Å²) in [4.78, 5) is 16.6. The van der Waals surface area contributed by atoms with Gasteiger partial charge in [0.1, 0.15) is 13.2 Å². The quantitative estimate of drug-likeness (QED) is 0.945. The summed E-state index contributed by atoms with van der Waals surface area (Å²) in [7, 11) is 0. The zero-order valence-corrected chi connectivity index (χ0v) is 12.8. The number of carbonyl (C=O) groups is 1. The van der Waals surface area contributed by atoms with Gasteiger partial charge in [-0.1, -0.05) is 17.7 Å². The van der Waals surface area contributed by atoms with Crippen molar-refractivity contribution < 1.29 is 14.3 Å². The molecule has 0 bridgehead atoms. The molecule has 22 heavy (non-hydrogen) atoms. The molecule has 114 valence electrons. The largest absolute Gasteiger partial charge is 0.486 e. The molecule has 0 fully saturated rings. The number of ether oxygens (including phenoxy) is 2. The van der Waals surface area contributed by atoms with Crippen LogP contribution in [-0.4, -0.2) is 24.1 Å². The number of pyridine rings is 1. The molecule has 0 aliphatic carbocycles. The Hall–Kier alpha value is -2.27. The van der Waals surface area contributed by atoms with Crippen LogP contribution in [0.15, 0.2) is 30.3 Å². The molecule has 0 radical (unpaired) electrons. The van der Waals surface area contributed by atoms with E-state index in [9.17, 15) is 4.79 Å². The van der Waals surface area contributed by atoms with Gasteiger partial charge in [-0.25, -0.2) is 0 Å². The summed E-state index contributed by atoms with van der Waals surface area (Å²) in [6.07, 6.45) is 0. The highest BCUT2D eigenvalue weighted by Gasteiger charge is 2.19. The fraction of sp³-hybridized carbons (Fsp3) is 0.250. The van der Waals surface area contributed by atoms with Gasteiger partial charge < -0.3 is 14.8 Å². The molecule has 0 saturated heterocycles. The predicted octanol–water partition coefficient (Wildman–Crippen LogP) is 2.74. The van der Waals surface area contributed by atoms with Crippen molar-refractivity contribution in [2.75, 3.05) is 13.2 Å². The van der Waals surface area contributed by atoms with Crippen molar-refractivity contribution in [1.82, 2.24) is 10.3 Å². The minimum Gasteiger partial charge on any atom is -0.486 e. The molecule has 1 aliphatic rings. The number of halogens is 1. The van der Waals surface area contributed by atoms with E-state index >= 15 is 0 Å². The number of hydrogen-bond acceptors (Lipinski definition) is 4. The average molecular weight is 319 g/mol. The smallest absolute Gasteiger partial charge is 0.251 e. The van der Waals surface area contributed by atoms with Gasteiger partial charge in [0, 0.05) is 11.3 Å². The summed E-state index contributed by atoms with van der Waals surface area (Å²) < 4.78 is 10.9. The van der Waals surface area contributed by atoms with Crippen LogP contribution in [0.1, 0.15) is 21.7 Å². The van der Waals surface area contributed by atoms with E-state index < -0.39 is 0 Å². The van der Waals surface area contributed by atoms with Crippen molar-refractivity contribution in [3.05, 3.63) is 52.3 Å². The van der Waals surface area contributed by atoms with Gasteiger partial charge in [-0.3, -0.25) is 9.78 Å². The second kappa shape index (κ2) is 6.23. The van der Waals surface area contributed by atoms with Gasteiger partial charge in [-0.05, 0) is 31.2 Å². The van der Waals surface area contributed by atoms with E-state index in [1.165, 1.54) is 0 Å². The second-order valence-corrected chi connectivity index (χ2v) is 5.34. The summed E-state index contributed by atoms with van der Waals surface area (Å²) >= 11 is 6.13. The number of aromatic nitrogens is 1. The first kappa shape index (κ1) is 14.7. The number of aryl methyl sites for hydroxylation is 1. The predicted molar refractivity (Wildman–Crippen MR) is 82.6 cm³/mol. The lowest BCUT2D eigenvalue weighted by molar-refractivity contribution is 0.0949. The molecule has 0 atom stereocenters. The Balaban J connectivity index is 1.73. The molecular formula is C16H15ClN2O3. The zero-order valence-electron chi connectivity index (χ0n) is 12.1. The third-order valence-corrected chi connectivity index (χ3v) is 3.52. The molecule has 1 aromatic heterocycles. The molecule has 2 aromatic rings. The Morgan fingerprint density at radius 3 is 2.95 bits per heavy atom. The van der Waals surface area contributed by atoms with Crippen molar-refractivity contribution in [2.24, 2.45) is 0 Å². The Kier molecular flexibility index (Phi) is 4.15. The van der Waals surface area contributed by atoms with Crippen molar-refractivity contribution >= 4 is 17.5 Å². The van der Waals surface area contributed by atoms with Crippen molar-refractivity contribution in [2.45, 2.75) is 13.5 Å².